The fraction of sp³-hybridized carbons (Fsp3) is 0.143. The van der Waals surface area contributed by atoms with E-state index in [1.807, 2.05) is 5.43 Å². The first-order valence-corrected chi connectivity index (χ1v) is 3.84. The summed E-state index contributed by atoms with van der Waals surface area (Å²) in [6, 6.07) is 2.52. The van der Waals surface area contributed by atoms with E-state index < -0.39 is 22.7 Å². The molecule has 16 heavy (non-hydrogen) atoms. The number of nitrogens with one attached hydrogen (secondary N) is 1. The highest BCUT2D eigenvalue weighted by Crippen LogP contribution is 2.32. The maximum atomic E-state index is 11.9. The Hall–Kier alpha value is -2.03. The van der Waals surface area contributed by atoms with Crippen LogP contribution in [0.5, 0.6) is 5.75 Å². The normalized spacial score (nSPS) is 11.0. The van der Waals surface area contributed by atoms with Gasteiger partial charge in [-0.25, -0.2) is 0 Å². The van der Waals surface area contributed by atoms with Crippen molar-refractivity contribution in [2.45, 2.75) is 6.36 Å². The van der Waals surface area contributed by atoms with Crippen molar-refractivity contribution >= 4 is 11.4 Å². The SMILES string of the molecule is NNc1cc([N+](=O)[O-])ccc1OC(F)(F)F. The van der Waals surface area contributed by atoms with E-state index in [0.29, 0.717) is 0 Å². The molecular weight excluding hydrogens is 231 g/mol. The highest BCUT2D eigenvalue weighted by molar-refractivity contribution is 5.60. The Bertz CT molecular complexity index is 408. The Morgan fingerprint density at radius 3 is 2.50 bits per heavy atom. The van der Waals surface area contributed by atoms with Gasteiger partial charge in [0.15, 0.2) is 5.75 Å². The summed E-state index contributed by atoms with van der Waals surface area (Å²) in [7, 11) is 0. The second-order valence-corrected chi connectivity index (χ2v) is 2.63. The number of anilines is 1. The summed E-state index contributed by atoms with van der Waals surface area (Å²) in [4.78, 5) is 9.57. The van der Waals surface area contributed by atoms with Crippen LogP contribution in [0, 0.1) is 10.1 Å². The average molecular weight is 237 g/mol. The van der Waals surface area contributed by atoms with Gasteiger partial charge in [-0.05, 0) is 6.07 Å². The highest BCUT2D eigenvalue weighted by Gasteiger charge is 2.32. The van der Waals surface area contributed by atoms with Crippen LogP contribution < -0.4 is 16.0 Å². The van der Waals surface area contributed by atoms with Crippen LogP contribution in [0.25, 0.3) is 0 Å². The zero-order valence-electron chi connectivity index (χ0n) is 7.62. The number of hydrogen-bond acceptors (Lipinski definition) is 5. The maximum Gasteiger partial charge on any atom is 0.573 e. The van der Waals surface area contributed by atoms with Crippen LogP contribution in [0.15, 0.2) is 18.2 Å². The Kier molecular flexibility index (Phi) is 3.18. The van der Waals surface area contributed by atoms with E-state index >= 15 is 0 Å². The number of rotatable bonds is 3. The lowest BCUT2D eigenvalue weighted by molar-refractivity contribution is -0.384. The number of non-ortho nitro benzene ring substituents is 1. The van der Waals surface area contributed by atoms with Crippen molar-refractivity contribution < 1.29 is 22.8 Å². The number of hydrazine groups is 1. The molecule has 9 heteroatoms. The predicted molar refractivity (Wildman–Crippen MR) is 47.6 cm³/mol. The quantitative estimate of drug-likeness (QED) is 0.475. The number of alkyl halides is 3. The molecule has 6 nitrogen and oxygen atoms in total. The van der Waals surface area contributed by atoms with E-state index in [9.17, 15) is 23.3 Å². The molecule has 0 amide bonds. The lowest BCUT2D eigenvalue weighted by Crippen LogP contribution is -2.19. The Labute approximate surface area is 86.9 Å². The van der Waals surface area contributed by atoms with Crippen LogP contribution in [-0.2, 0) is 0 Å². The van der Waals surface area contributed by atoms with Crippen molar-refractivity contribution in [3.05, 3.63) is 28.3 Å². The van der Waals surface area contributed by atoms with Gasteiger partial charge in [-0.1, -0.05) is 0 Å². The summed E-state index contributed by atoms with van der Waals surface area (Å²) >= 11 is 0. The molecule has 1 rings (SSSR count). The second kappa shape index (κ2) is 4.23. The molecule has 0 fully saturated rings. The van der Waals surface area contributed by atoms with Gasteiger partial charge in [-0.15, -0.1) is 13.2 Å². The van der Waals surface area contributed by atoms with E-state index in [1.54, 1.807) is 0 Å². The van der Waals surface area contributed by atoms with Crippen molar-refractivity contribution in [2.75, 3.05) is 5.43 Å². The minimum atomic E-state index is -4.89. The van der Waals surface area contributed by atoms with Crippen molar-refractivity contribution in [1.82, 2.24) is 0 Å². The van der Waals surface area contributed by atoms with Gasteiger partial charge in [-0.3, -0.25) is 16.0 Å². The third-order valence-corrected chi connectivity index (χ3v) is 1.56. The van der Waals surface area contributed by atoms with Gasteiger partial charge in [-0.2, -0.15) is 0 Å². The lowest BCUT2D eigenvalue weighted by atomic mass is 10.2. The number of nitro benzene ring substituents is 1. The summed E-state index contributed by atoms with van der Waals surface area (Å²) in [6.45, 7) is 0. The molecule has 0 heterocycles. The molecule has 0 radical (unpaired) electrons. The number of benzene rings is 1. The maximum absolute atomic E-state index is 11.9. The van der Waals surface area contributed by atoms with Gasteiger partial charge in [0.1, 0.15) is 0 Å². The zero-order chi connectivity index (χ0) is 12.3. The molecule has 1 aromatic carbocycles. The molecule has 0 saturated heterocycles. The average Bonchev–Trinajstić information content (AvgIpc) is 2.15. The van der Waals surface area contributed by atoms with Gasteiger partial charge >= 0.3 is 6.36 Å². The van der Waals surface area contributed by atoms with Crippen molar-refractivity contribution in [1.29, 1.82) is 0 Å². The molecule has 0 bridgehead atoms. The van der Waals surface area contributed by atoms with Crippen molar-refractivity contribution in [3.8, 4) is 5.75 Å². The monoisotopic (exact) mass is 237 g/mol. The van der Waals surface area contributed by atoms with E-state index in [4.69, 9.17) is 5.84 Å². The molecule has 0 aromatic heterocycles. The first-order valence-electron chi connectivity index (χ1n) is 3.84. The molecule has 1 aromatic rings. The van der Waals surface area contributed by atoms with Crippen LogP contribution in [0.4, 0.5) is 24.5 Å². The summed E-state index contributed by atoms with van der Waals surface area (Å²) < 4.78 is 39.3. The third-order valence-electron chi connectivity index (χ3n) is 1.56. The minimum absolute atomic E-state index is 0.327. The van der Waals surface area contributed by atoms with Crippen LogP contribution in [0.3, 0.4) is 0 Å². The van der Waals surface area contributed by atoms with Gasteiger partial charge in [0.05, 0.1) is 10.6 Å². The second-order valence-electron chi connectivity index (χ2n) is 2.63. The Morgan fingerprint density at radius 1 is 1.44 bits per heavy atom. The zero-order valence-corrected chi connectivity index (χ0v) is 7.62. The Morgan fingerprint density at radius 2 is 2.06 bits per heavy atom. The van der Waals surface area contributed by atoms with E-state index in [1.165, 1.54) is 0 Å². The number of hydrogen-bond donors (Lipinski definition) is 2. The summed E-state index contributed by atoms with van der Waals surface area (Å²) in [6.07, 6.45) is -4.89. The summed E-state index contributed by atoms with van der Waals surface area (Å²) in [5, 5.41) is 10.3. The number of nitro groups is 1. The molecule has 0 saturated carbocycles. The first kappa shape index (κ1) is 12.0. The van der Waals surface area contributed by atoms with Crippen LogP contribution >= 0.6 is 0 Å². The standard InChI is InChI=1S/C7H6F3N3O3/c8-7(9,10)16-6-2-1-4(13(14)15)3-5(6)12-11/h1-3,12H,11H2. The van der Waals surface area contributed by atoms with Crippen LogP contribution in [0.2, 0.25) is 0 Å². The molecule has 88 valence electrons. The summed E-state index contributed by atoms with van der Waals surface area (Å²) in [5.41, 5.74) is 1.16. The van der Waals surface area contributed by atoms with Crippen molar-refractivity contribution in [3.63, 3.8) is 0 Å². The fourth-order valence-corrected chi connectivity index (χ4v) is 0.958. The number of nitrogens with zero attached hydrogens (tertiary/aromatic N) is 1. The lowest BCUT2D eigenvalue weighted by Gasteiger charge is -2.12. The number of nitrogens with two attached hydrogens (primary N) is 1. The minimum Gasteiger partial charge on any atom is -0.404 e. The van der Waals surface area contributed by atoms with E-state index in [2.05, 4.69) is 4.74 Å². The number of ether oxygens (including phenoxy) is 1. The fourth-order valence-electron chi connectivity index (χ4n) is 0.958. The van der Waals surface area contributed by atoms with Gasteiger partial charge in [0.2, 0.25) is 0 Å². The number of nitrogen functional groups attached to an aromatic ring is 1. The van der Waals surface area contributed by atoms with Crippen molar-refractivity contribution in [2.24, 2.45) is 5.84 Å². The molecule has 0 unspecified atom stereocenters. The predicted octanol–water partition coefficient (Wildman–Crippen LogP) is 1.78. The molecule has 0 spiro atoms. The largest absolute Gasteiger partial charge is 0.573 e. The smallest absolute Gasteiger partial charge is 0.404 e. The van der Waals surface area contributed by atoms with Crippen LogP contribution in [-0.4, -0.2) is 11.3 Å². The third kappa shape index (κ3) is 2.98. The molecule has 0 aliphatic carbocycles. The van der Waals surface area contributed by atoms with Crippen LogP contribution in [0.1, 0.15) is 0 Å². The molecule has 0 atom stereocenters. The molecule has 0 aliphatic rings. The first-order chi connectivity index (χ1) is 7.33. The topological polar surface area (TPSA) is 90.4 Å². The number of halogens is 3. The Balaban J connectivity index is 3.07. The van der Waals surface area contributed by atoms with E-state index in [0.717, 1.165) is 18.2 Å². The molecular formula is C7H6F3N3O3. The van der Waals surface area contributed by atoms with Gasteiger partial charge in [0.25, 0.3) is 5.69 Å². The summed E-state index contributed by atoms with van der Waals surface area (Å²) in [5.74, 6) is 4.28. The van der Waals surface area contributed by atoms with Gasteiger partial charge < -0.3 is 10.2 Å². The van der Waals surface area contributed by atoms with E-state index in [-0.39, 0.29) is 5.69 Å². The highest BCUT2D eigenvalue weighted by atomic mass is 19.4. The molecule has 0 aliphatic heterocycles. The molecule has 3 N–H and O–H groups in total. The van der Waals surface area contributed by atoms with Gasteiger partial charge in [0, 0.05) is 12.1 Å².